The quantitative estimate of drug-likeness (QED) is 0.0833. The van der Waals surface area contributed by atoms with Gasteiger partial charge in [0.15, 0.2) is 0 Å². The normalized spacial score (nSPS) is 14.3. The van der Waals surface area contributed by atoms with Crippen LogP contribution < -0.4 is 5.32 Å². The molecule has 0 aliphatic heterocycles. The molecule has 0 heterocycles. The van der Waals surface area contributed by atoms with Crippen molar-refractivity contribution in [1.29, 1.82) is 0 Å². The van der Waals surface area contributed by atoms with E-state index in [1.807, 2.05) is 6.08 Å². The number of nitrogens with one attached hydrogen (secondary N) is 1. The second-order valence-electron chi connectivity index (χ2n) is 10.8. The SMILES string of the molecule is CCCCCCCCCCCCC/C=C\[C@](C)(O)[C@H](CO)NC(=O)CCCCCCCCCCC. The van der Waals surface area contributed by atoms with Gasteiger partial charge in [0, 0.05) is 6.42 Å². The van der Waals surface area contributed by atoms with Gasteiger partial charge < -0.3 is 15.5 Å². The summed E-state index contributed by atoms with van der Waals surface area (Å²) in [6.45, 7) is 5.91. The average molecular weight is 496 g/mol. The lowest BCUT2D eigenvalue weighted by Gasteiger charge is -2.29. The van der Waals surface area contributed by atoms with E-state index < -0.39 is 11.6 Å². The molecule has 1 amide bonds. The standard InChI is InChI=1S/C31H61NO3/c1-4-6-8-10-12-14-15-16-17-19-21-23-25-27-31(3,35)29(28-33)32-30(34)26-24-22-20-18-13-11-9-7-5-2/h25,27,29,33,35H,4-24,26,28H2,1-3H3,(H,32,34)/b27-25-/t29-,31-/m0/s1. The van der Waals surface area contributed by atoms with E-state index in [2.05, 4.69) is 19.2 Å². The van der Waals surface area contributed by atoms with Gasteiger partial charge in [0.05, 0.1) is 12.6 Å². The molecule has 0 aromatic heterocycles. The van der Waals surface area contributed by atoms with Crippen LogP contribution in [0, 0.1) is 0 Å². The van der Waals surface area contributed by atoms with Gasteiger partial charge in [-0.1, -0.05) is 142 Å². The van der Waals surface area contributed by atoms with E-state index >= 15 is 0 Å². The van der Waals surface area contributed by atoms with Crippen molar-refractivity contribution in [3.63, 3.8) is 0 Å². The van der Waals surface area contributed by atoms with Gasteiger partial charge in [-0.3, -0.25) is 4.79 Å². The molecule has 0 aliphatic rings. The molecule has 208 valence electrons. The summed E-state index contributed by atoms with van der Waals surface area (Å²) in [6, 6.07) is -0.665. The van der Waals surface area contributed by atoms with E-state index in [1.54, 1.807) is 13.0 Å². The molecule has 0 rings (SSSR count). The summed E-state index contributed by atoms with van der Waals surface area (Å²) >= 11 is 0. The smallest absolute Gasteiger partial charge is 0.220 e. The highest BCUT2D eigenvalue weighted by Crippen LogP contribution is 2.16. The van der Waals surface area contributed by atoms with Crippen LogP contribution in [0.4, 0.5) is 0 Å². The number of aliphatic hydroxyl groups excluding tert-OH is 1. The van der Waals surface area contributed by atoms with Crippen LogP contribution in [0.1, 0.15) is 162 Å². The van der Waals surface area contributed by atoms with Gasteiger partial charge in [0.1, 0.15) is 5.60 Å². The van der Waals surface area contributed by atoms with Gasteiger partial charge in [-0.2, -0.15) is 0 Å². The summed E-state index contributed by atoms with van der Waals surface area (Å²) < 4.78 is 0. The first-order valence-corrected chi connectivity index (χ1v) is 15.3. The second-order valence-corrected chi connectivity index (χ2v) is 10.8. The Labute approximate surface area is 218 Å². The van der Waals surface area contributed by atoms with E-state index in [9.17, 15) is 15.0 Å². The fraction of sp³-hybridized carbons (Fsp3) is 0.903. The monoisotopic (exact) mass is 495 g/mol. The highest BCUT2D eigenvalue weighted by molar-refractivity contribution is 5.76. The molecule has 0 saturated carbocycles. The number of amides is 1. The van der Waals surface area contributed by atoms with Crippen molar-refractivity contribution in [2.75, 3.05) is 6.61 Å². The third-order valence-electron chi connectivity index (χ3n) is 7.16. The summed E-state index contributed by atoms with van der Waals surface area (Å²) in [6.07, 6.45) is 30.7. The van der Waals surface area contributed by atoms with Crippen LogP contribution in [-0.2, 0) is 4.79 Å². The minimum atomic E-state index is -1.24. The van der Waals surface area contributed by atoms with E-state index in [1.165, 1.54) is 109 Å². The number of allylic oxidation sites excluding steroid dienone is 1. The first kappa shape index (κ1) is 34.1. The Hall–Kier alpha value is -0.870. The third kappa shape index (κ3) is 22.1. The maximum Gasteiger partial charge on any atom is 0.220 e. The summed E-state index contributed by atoms with van der Waals surface area (Å²) in [5, 5.41) is 23.3. The maximum absolute atomic E-state index is 12.3. The van der Waals surface area contributed by atoms with Crippen LogP contribution in [0.25, 0.3) is 0 Å². The Morgan fingerprint density at radius 1 is 0.714 bits per heavy atom. The van der Waals surface area contributed by atoms with Gasteiger partial charge in [0.2, 0.25) is 5.91 Å². The number of carbonyl (C=O) groups excluding carboxylic acids is 1. The Morgan fingerprint density at radius 3 is 1.54 bits per heavy atom. The minimum absolute atomic E-state index is 0.0777. The molecule has 0 bridgehead atoms. The highest BCUT2D eigenvalue weighted by Gasteiger charge is 2.29. The minimum Gasteiger partial charge on any atom is -0.394 e. The van der Waals surface area contributed by atoms with Gasteiger partial charge >= 0.3 is 0 Å². The number of hydrogen-bond acceptors (Lipinski definition) is 3. The zero-order valence-corrected chi connectivity index (χ0v) is 23.8. The second kappa shape index (κ2) is 24.8. The zero-order chi connectivity index (χ0) is 26.0. The number of rotatable bonds is 26. The molecule has 0 aromatic rings. The first-order chi connectivity index (χ1) is 17.0. The van der Waals surface area contributed by atoms with Crippen molar-refractivity contribution in [2.45, 2.75) is 174 Å². The molecule has 4 heteroatoms. The molecule has 0 fully saturated rings. The zero-order valence-electron chi connectivity index (χ0n) is 23.8. The number of unbranched alkanes of at least 4 members (excludes halogenated alkanes) is 19. The highest BCUT2D eigenvalue weighted by atomic mass is 16.3. The summed E-state index contributed by atoms with van der Waals surface area (Å²) in [7, 11) is 0. The van der Waals surface area contributed by atoms with Crippen molar-refractivity contribution in [3.05, 3.63) is 12.2 Å². The predicted molar refractivity (Wildman–Crippen MR) is 152 cm³/mol. The predicted octanol–water partition coefficient (Wildman–Crippen LogP) is 8.39. The fourth-order valence-electron chi connectivity index (χ4n) is 4.60. The molecule has 0 aromatic carbocycles. The van der Waals surface area contributed by atoms with Crippen molar-refractivity contribution < 1.29 is 15.0 Å². The maximum atomic E-state index is 12.3. The van der Waals surface area contributed by atoms with Crippen molar-refractivity contribution in [3.8, 4) is 0 Å². The molecule has 0 radical (unpaired) electrons. The summed E-state index contributed by atoms with van der Waals surface area (Å²) in [5.74, 6) is -0.0777. The Kier molecular flexibility index (Phi) is 24.2. The first-order valence-electron chi connectivity index (χ1n) is 15.3. The van der Waals surface area contributed by atoms with Gasteiger partial charge in [-0.05, 0) is 26.2 Å². The Morgan fingerprint density at radius 2 is 1.11 bits per heavy atom. The average Bonchev–Trinajstić information content (AvgIpc) is 2.84. The lowest BCUT2D eigenvalue weighted by Crippen LogP contribution is -2.52. The number of carbonyl (C=O) groups is 1. The van der Waals surface area contributed by atoms with Crippen molar-refractivity contribution >= 4 is 5.91 Å². The fourth-order valence-corrected chi connectivity index (χ4v) is 4.60. The van der Waals surface area contributed by atoms with Crippen LogP contribution in [0.15, 0.2) is 12.2 Å². The number of hydrogen-bond donors (Lipinski definition) is 3. The molecular formula is C31H61NO3. The van der Waals surface area contributed by atoms with Gasteiger partial charge in [-0.15, -0.1) is 0 Å². The molecule has 0 aliphatic carbocycles. The molecule has 0 spiro atoms. The number of aliphatic hydroxyl groups is 2. The van der Waals surface area contributed by atoms with E-state index in [0.29, 0.717) is 6.42 Å². The lowest BCUT2D eigenvalue weighted by molar-refractivity contribution is -0.124. The Bertz CT molecular complexity index is 490. The van der Waals surface area contributed by atoms with Crippen LogP contribution >= 0.6 is 0 Å². The van der Waals surface area contributed by atoms with E-state index in [-0.39, 0.29) is 12.5 Å². The molecule has 4 nitrogen and oxygen atoms in total. The molecular weight excluding hydrogens is 434 g/mol. The molecule has 0 unspecified atom stereocenters. The largest absolute Gasteiger partial charge is 0.394 e. The van der Waals surface area contributed by atoms with Crippen LogP contribution in [0.5, 0.6) is 0 Å². The molecule has 2 atom stereocenters. The summed E-state index contributed by atoms with van der Waals surface area (Å²) in [4.78, 5) is 12.3. The van der Waals surface area contributed by atoms with Gasteiger partial charge in [-0.25, -0.2) is 0 Å². The molecule has 3 N–H and O–H groups in total. The third-order valence-corrected chi connectivity index (χ3v) is 7.16. The van der Waals surface area contributed by atoms with Crippen molar-refractivity contribution in [2.24, 2.45) is 0 Å². The van der Waals surface area contributed by atoms with Crippen LogP contribution in [0.2, 0.25) is 0 Å². The topological polar surface area (TPSA) is 69.6 Å². The summed E-state index contributed by atoms with van der Waals surface area (Å²) in [5.41, 5.74) is -1.24. The van der Waals surface area contributed by atoms with Crippen molar-refractivity contribution in [1.82, 2.24) is 5.32 Å². The van der Waals surface area contributed by atoms with E-state index in [4.69, 9.17) is 0 Å². The Balaban J connectivity index is 3.86. The van der Waals surface area contributed by atoms with Crippen LogP contribution in [-0.4, -0.2) is 34.4 Å². The lowest BCUT2D eigenvalue weighted by atomic mass is 9.95. The van der Waals surface area contributed by atoms with Crippen LogP contribution in [0.3, 0.4) is 0 Å². The molecule has 35 heavy (non-hydrogen) atoms. The van der Waals surface area contributed by atoms with Gasteiger partial charge in [0.25, 0.3) is 0 Å². The van der Waals surface area contributed by atoms with E-state index in [0.717, 1.165) is 25.7 Å². The molecule has 0 saturated heterocycles.